The van der Waals surface area contributed by atoms with Gasteiger partial charge in [-0.3, -0.25) is 9.59 Å². The molecule has 0 aromatic heterocycles. The highest BCUT2D eigenvalue weighted by Gasteiger charge is 2.46. The minimum Gasteiger partial charge on any atom is -0.507 e. The summed E-state index contributed by atoms with van der Waals surface area (Å²) in [6, 6.07) is 12.0. The summed E-state index contributed by atoms with van der Waals surface area (Å²) in [6.07, 6.45) is 2.22. The van der Waals surface area contributed by atoms with E-state index >= 15 is 0 Å². The lowest BCUT2D eigenvalue weighted by molar-refractivity contribution is -0.140. The molecular formula is C27H31NO6. The Hall–Kier alpha value is -3.32. The Balaban J connectivity index is 1.78. The van der Waals surface area contributed by atoms with Crippen LogP contribution in [0.4, 0.5) is 0 Å². The first kappa shape index (κ1) is 23.8. The SMILES string of the molecule is CCCOc1cccc([C@@H]2C(=C(O)c3ccc4c(c3)C[C@H](C)O4)C(=O)C(=O)N2CCCOC)c1. The summed E-state index contributed by atoms with van der Waals surface area (Å²) in [5.74, 6) is -0.0581. The monoisotopic (exact) mass is 465 g/mol. The summed E-state index contributed by atoms with van der Waals surface area (Å²) >= 11 is 0. The van der Waals surface area contributed by atoms with Crippen LogP contribution in [0.15, 0.2) is 48.0 Å². The molecule has 2 aromatic rings. The Morgan fingerprint density at radius 3 is 2.76 bits per heavy atom. The van der Waals surface area contributed by atoms with Gasteiger partial charge in [0.25, 0.3) is 11.7 Å². The second-order valence-electron chi connectivity index (χ2n) is 8.71. The molecule has 0 bridgehead atoms. The predicted molar refractivity (Wildman–Crippen MR) is 128 cm³/mol. The van der Waals surface area contributed by atoms with E-state index in [1.54, 1.807) is 19.2 Å². The van der Waals surface area contributed by atoms with Crippen molar-refractivity contribution in [3.05, 3.63) is 64.7 Å². The number of nitrogens with zero attached hydrogens (tertiary/aromatic N) is 1. The van der Waals surface area contributed by atoms with Crippen molar-refractivity contribution in [2.45, 2.75) is 45.3 Å². The second-order valence-corrected chi connectivity index (χ2v) is 8.71. The van der Waals surface area contributed by atoms with E-state index in [2.05, 4.69) is 0 Å². The number of ketones is 1. The first-order chi connectivity index (χ1) is 16.4. The Labute approximate surface area is 199 Å². The summed E-state index contributed by atoms with van der Waals surface area (Å²) in [5.41, 5.74) is 2.26. The van der Waals surface area contributed by atoms with Crippen LogP contribution in [0.5, 0.6) is 11.5 Å². The van der Waals surface area contributed by atoms with Gasteiger partial charge < -0.3 is 24.2 Å². The Kier molecular flexibility index (Phi) is 7.22. The van der Waals surface area contributed by atoms with E-state index in [4.69, 9.17) is 14.2 Å². The molecule has 0 radical (unpaired) electrons. The molecule has 2 atom stereocenters. The lowest BCUT2D eigenvalue weighted by atomic mass is 9.94. The van der Waals surface area contributed by atoms with Gasteiger partial charge in [0, 0.05) is 32.2 Å². The van der Waals surface area contributed by atoms with Crippen molar-refractivity contribution in [2.24, 2.45) is 0 Å². The fraction of sp³-hybridized carbons (Fsp3) is 0.407. The molecular weight excluding hydrogens is 434 g/mol. The number of ether oxygens (including phenoxy) is 3. The number of rotatable bonds is 9. The first-order valence-corrected chi connectivity index (χ1v) is 11.7. The number of amides is 1. The maximum Gasteiger partial charge on any atom is 0.295 e. The zero-order chi connectivity index (χ0) is 24.2. The maximum atomic E-state index is 13.2. The van der Waals surface area contributed by atoms with Gasteiger partial charge in [0.15, 0.2) is 0 Å². The van der Waals surface area contributed by atoms with Crippen LogP contribution in [0, 0.1) is 0 Å². The zero-order valence-corrected chi connectivity index (χ0v) is 19.9. The quantitative estimate of drug-likeness (QED) is 0.258. The van der Waals surface area contributed by atoms with E-state index in [9.17, 15) is 14.7 Å². The van der Waals surface area contributed by atoms with Gasteiger partial charge in [0.2, 0.25) is 0 Å². The first-order valence-electron chi connectivity index (χ1n) is 11.7. The van der Waals surface area contributed by atoms with Gasteiger partial charge in [-0.1, -0.05) is 19.1 Å². The Morgan fingerprint density at radius 1 is 1.18 bits per heavy atom. The van der Waals surface area contributed by atoms with Crippen LogP contribution in [0.2, 0.25) is 0 Å². The average molecular weight is 466 g/mol. The highest BCUT2D eigenvalue weighted by Crippen LogP contribution is 2.41. The van der Waals surface area contributed by atoms with Crippen LogP contribution in [-0.2, 0) is 20.7 Å². The molecule has 7 nitrogen and oxygen atoms in total. The van der Waals surface area contributed by atoms with Gasteiger partial charge in [-0.15, -0.1) is 0 Å². The number of fused-ring (bicyclic) bond motifs is 1. The number of aliphatic hydroxyl groups excluding tert-OH is 1. The fourth-order valence-electron chi connectivity index (χ4n) is 4.56. The highest BCUT2D eigenvalue weighted by atomic mass is 16.5. The molecule has 1 amide bonds. The highest BCUT2D eigenvalue weighted by molar-refractivity contribution is 6.46. The van der Waals surface area contributed by atoms with Crippen LogP contribution in [0.1, 0.15) is 49.4 Å². The third-order valence-corrected chi connectivity index (χ3v) is 6.10. The number of hydrogen-bond acceptors (Lipinski definition) is 6. The molecule has 2 aliphatic heterocycles. The van der Waals surface area contributed by atoms with E-state index < -0.39 is 17.7 Å². The standard InChI is InChI=1S/C27H31NO6/c1-4-12-33-21-8-5-7-18(16-21)24-23(26(30)27(31)28(24)11-6-13-32-3)25(29)19-9-10-22-20(15-19)14-17(2)34-22/h5,7-10,15-17,24,29H,4,6,11-14H2,1-3H3/t17-,24+/m0/s1. The lowest BCUT2D eigenvalue weighted by Crippen LogP contribution is -2.31. The molecule has 1 fully saturated rings. The number of carbonyl (C=O) groups is 2. The number of carbonyl (C=O) groups excluding carboxylic acids is 2. The number of likely N-dealkylation sites (tertiary alicyclic amines) is 1. The number of Topliss-reactive ketones (excluding diaryl/α,β-unsaturated/α-hetero) is 1. The van der Waals surface area contributed by atoms with Crippen molar-refractivity contribution in [3.8, 4) is 11.5 Å². The summed E-state index contributed by atoms with van der Waals surface area (Å²) < 4.78 is 16.7. The number of hydrogen-bond donors (Lipinski definition) is 1. The van der Waals surface area contributed by atoms with Gasteiger partial charge in [0.1, 0.15) is 23.4 Å². The molecule has 0 spiro atoms. The van der Waals surface area contributed by atoms with E-state index in [1.165, 1.54) is 4.90 Å². The van der Waals surface area contributed by atoms with E-state index in [0.717, 1.165) is 24.2 Å². The molecule has 2 aliphatic rings. The van der Waals surface area contributed by atoms with Crippen LogP contribution < -0.4 is 9.47 Å². The molecule has 0 aliphatic carbocycles. The van der Waals surface area contributed by atoms with Gasteiger partial charge in [-0.25, -0.2) is 0 Å². The summed E-state index contributed by atoms with van der Waals surface area (Å²) in [4.78, 5) is 27.8. The molecule has 1 N–H and O–H groups in total. The normalized spacial score (nSPS) is 21.0. The maximum absolute atomic E-state index is 13.2. The molecule has 4 rings (SSSR count). The molecule has 7 heteroatoms. The smallest absolute Gasteiger partial charge is 0.295 e. The number of aliphatic hydroxyl groups is 1. The van der Waals surface area contributed by atoms with Crippen molar-refractivity contribution >= 4 is 17.4 Å². The largest absolute Gasteiger partial charge is 0.507 e. The van der Waals surface area contributed by atoms with Gasteiger partial charge in [-0.05, 0) is 61.2 Å². The molecule has 1 saturated heterocycles. The molecule has 180 valence electrons. The van der Waals surface area contributed by atoms with E-state index in [-0.39, 0.29) is 17.4 Å². The second kappa shape index (κ2) is 10.3. The van der Waals surface area contributed by atoms with Gasteiger partial charge in [0.05, 0.1) is 18.2 Å². The van der Waals surface area contributed by atoms with Crippen LogP contribution in [-0.4, -0.2) is 54.7 Å². The van der Waals surface area contributed by atoms with Crippen LogP contribution in [0.3, 0.4) is 0 Å². The summed E-state index contributed by atoms with van der Waals surface area (Å²) in [7, 11) is 1.60. The molecule has 2 heterocycles. The number of benzene rings is 2. The average Bonchev–Trinajstić information content (AvgIpc) is 3.33. The predicted octanol–water partition coefficient (Wildman–Crippen LogP) is 4.26. The minimum absolute atomic E-state index is 0.0598. The number of methoxy groups -OCH3 is 1. The molecule has 0 unspecified atom stereocenters. The van der Waals surface area contributed by atoms with E-state index in [0.29, 0.717) is 43.1 Å². The van der Waals surface area contributed by atoms with Crippen molar-refractivity contribution < 1.29 is 28.9 Å². The summed E-state index contributed by atoms with van der Waals surface area (Å²) in [5, 5.41) is 11.3. The van der Waals surface area contributed by atoms with Crippen LogP contribution >= 0.6 is 0 Å². The van der Waals surface area contributed by atoms with Gasteiger partial charge in [-0.2, -0.15) is 0 Å². The van der Waals surface area contributed by atoms with Crippen molar-refractivity contribution in [2.75, 3.05) is 26.9 Å². The van der Waals surface area contributed by atoms with Crippen molar-refractivity contribution in [1.82, 2.24) is 4.90 Å². The van der Waals surface area contributed by atoms with Crippen LogP contribution in [0.25, 0.3) is 5.76 Å². The Morgan fingerprint density at radius 2 is 2.00 bits per heavy atom. The fourth-order valence-corrected chi connectivity index (χ4v) is 4.56. The summed E-state index contributed by atoms with van der Waals surface area (Å²) in [6.45, 7) is 5.36. The minimum atomic E-state index is -0.717. The molecule has 0 saturated carbocycles. The molecule has 34 heavy (non-hydrogen) atoms. The molecule has 2 aromatic carbocycles. The lowest BCUT2D eigenvalue weighted by Gasteiger charge is -2.25. The van der Waals surface area contributed by atoms with Gasteiger partial charge >= 0.3 is 0 Å². The van der Waals surface area contributed by atoms with Crippen molar-refractivity contribution in [1.29, 1.82) is 0 Å². The van der Waals surface area contributed by atoms with Crippen molar-refractivity contribution in [3.63, 3.8) is 0 Å². The zero-order valence-electron chi connectivity index (χ0n) is 19.9. The third-order valence-electron chi connectivity index (χ3n) is 6.10. The topological polar surface area (TPSA) is 85.3 Å². The third kappa shape index (κ3) is 4.66. The Bertz CT molecular complexity index is 1110. The van der Waals surface area contributed by atoms with E-state index in [1.807, 2.05) is 44.2 Å².